The van der Waals surface area contributed by atoms with Gasteiger partial charge in [-0.3, -0.25) is 4.98 Å². The van der Waals surface area contributed by atoms with Crippen LogP contribution in [0.25, 0.3) is 99.6 Å². The summed E-state index contributed by atoms with van der Waals surface area (Å²) in [5.41, 5.74) is 20.6. The van der Waals surface area contributed by atoms with Crippen LogP contribution in [0.2, 0.25) is 0 Å². The average molecular weight is 723 g/mol. The van der Waals surface area contributed by atoms with Crippen molar-refractivity contribution in [3.05, 3.63) is 206 Å². The van der Waals surface area contributed by atoms with Crippen LogP contribution in [0.5, 0.6) is 0 Å². The summed E-state index contributed by atoms with van der Waals surface area (Å²) in [7, 11) is 0. The van der Waals surface area contributed by atoms with Crippen molar-refractivity contribution in [3.63, 3.8) is 0 Å². The number of rotatable bonds is 6. The molecule has 2 aliphatic carbocycles. The van der Waals surface area contributed by atoms with Gasteiger partial charge in [-0.25, -0.2) is 0 Å². The van der Waals surface area contributed by atoms with E-state index in [9.17, 15) is 0 Å². The van der Waals surface area contributed by atoms with Crippen LogP contribution in [0.1, 0.15) is 0 Å². The van der Waals surface area contributed by atoms with Crippen molar-refractivity contribution in [1.82, 2.24) is 4.98 Å². The Bertz CT molecular complexity index is 3010. The first-order valence-electron chi connectivity index (χ1n) is 19.6. The second kappa shape index (κ2) is 12.5. The van der Waals surface area contributed by atoms with E-state index in [1.54, 1.807) is 0 Å². The first-order chi connectivity index (χ1) is 28.3. The summed E-state index contributed by atoms with van der Waals surface area (Å²) < 4.78 is 0. The normalized spacial score (nSPS) is 11.9. The van der Waals surface area contributed by atoms with Crippen LogP contribution in [0.3, 0.4) is 0 Å². The first-order valence-corrected chi connectivity index (χ1v) is 19.6. The highest BCUT2D eigenvalue weighted by atomic mass is 15.1. The second-order valence-corrected chi connectivity index (χ2v) is 15.1. The molecular weight excluding hydrogens is 689 g/mol. The number of pyridine rings is 1. The summed E-state index contributed by atoms with van der Waals surface area (Å²) >= 11 is 0. The van der Waals surface area contributed by atoms with E-state index < -0.39 is 0 Å². The molecule has 57 heavy (non-hydrogen) atoms. The summed E-state index contributed by atoms with van der Waals surface area (Å²) in [5, 5.41) is 5.20. The molecule has 264 valence electrons. The smallest absolute Gasteiger partial charge is 0.0701 e. The van der Waals surface area contributed by atoms with Gasteiger partial charge < -0.3 is 4.90 Å². The molecule has 9 aromatic carbocycles. The fraction of sp³-hybridized carbons (Fsp3) is 0. The zero-order chi connectivity index (χ0) is 37.5. The molecule has 0 spiro atoms. The van der Waals surface area contributed by atoms with E-state index in [-0.39, 0.29) is 0 Å². The number of nitrogens with zero attached hydrogens (tertiary/aromatic N) is 2. The Morgan fingerprint density at radius 2 is 0.737 bits per heavy atom. The molecule has 0 bridgehead atoms. The Labute approximate surface area is 331 Å². The van der Waals surface area contributed by atoms with Crippen LogP contribution in [0.4, 0.5) is 17.1 Å². The summed E-state index contributed by atoms with van der Waals surface area (Å²) in [6.45, 7) is 0. The SMILES string of the molecule is c1ccc(N(c2ccc(-c3ccccn3)cc2)c2cc(-c3ccc4c5c(cccc35)-c3ccccc3-4)cc(-c3ccc4c5c(cccc35)-c3ccccc3-4)c2)cc1. The lowest BCUT2D eigenvalue weighted by atomic mass is 9.89. The van der Waals surface area contributed by atoms with Crippen LogP contribution in [0, 0.1) is 0 Å². The maximum absolute atomic E-state index is 4.63. The standard InChI is InChI=1S/C55H34N2/c1-2-12-38(13-3-1)57(39-25-23-35(24-26-39)53-22-8-9-31-56-53)40-33-36(41-27-29-51-45-16-6-4-14-43(45)49-20-10-18-47(41)54(49)51)32-37(34-40)42-28-30-52-46-17-7-5-15-44(46)50-21-11-19-48(42)55(50)52/h1-34H. The molecule has 1 heterocycles. The van der Waals surface area contributed by atoms with Crippen molar-refractivity contribution in [2.45, 2.75) is 0 Å². The molecule has 0 unspecified atom stereocenters. The molecule has 0 saturated heterocycles. The van der Waals surface area contributed by atoms with E-state index in [4.69, 9.17) is 0 Å². The third kappa shape index (κ3) is 4.87. The van der Waals surface area contributed by atoms with Crippen molar-refractivity contribution in [1.29, 1.82) is 0 Å². The van der Waals surface area contributed by atoms with Gasteiger partial charge in [0.2, 0.25) is 0 Å². The Kier molecular flexibility index (Phi) is 6.96. The summed E-state index contributed by atoms with van der Waals surface area (Å²) in [4.78, 5) is 7.02. The Hall–Kier alpha value is -7.55. The van der Waals surface area contributed by atoms with Crippen LogP contribution in [0.15, 0.2) is 206 Å². The number of anilines is 3. The van der Waals surface area contributed by atoms with Gasteiger partial charge in [0.1, 0.15) is 0 Å². The minimum atomic E-state index is 0.961. The molecule has 12 rings (SSSR count). The Balaban J connectivity index is 1.11. The molecule has 2 nitrogen and oxygen atoms in total. The van der Waals surface area contributed by atoms with Gasteiger partial charge in [-0.05, 0) is 143 Å². The third-order valence-electron chi connectivity index (χ3n) is 12.0. The summed E-state index contributed by atoms with van der Waals surface area (Å²) in [6.07, 6.45) is 1.85. The lowest BCUT2D eigenvalue weighted by Crippen LogP contribution is -2.10. The van der Waals surface area contributed by atoms with Crippen molar-refractivity contribution in [2.75, 3.05) is 4.90 Å². The predicted octanol–water partition coefficient (Wildman–Crippen LogP) is 15.2. The van der Waals surface area contributed by atoms with Gasteiger partial charge in [-0.15, -0.1) is 0 Å². The second-order valence-electron chi connectivity index (χ2n) is 15.1. The average Bonchev–Trinajstić information content (AvgIpc) is 3.79. The molecule has 1 aromatic heterocycles. The highest BCUT2D eigenvalue weighted by Gasteiger charge is 2.25. The van der Waals surface area contributed by atoms with Crippen molar-refractivity contribution < 1.29 is 0 Å². The topological polar surface area (TPSA) is 16.1 Å². The van der Waals surface area contributed by atoms with E-state index in [0.717, 1.165) is 28.3 Å². The van der Waals surface area contributed by atoms with Gasteiger partial charge in [0.15, 0.2) is 0 Å². The summed E-state index contributed by atoms with van der Waals surface area (Å²) in [5.74, 6) is 0. The number of benzene rings is 9. The lowest BCUT2D eigenvalue weighted by Gasteiger charge is -2.27. The lowest BCUT2D eigenvalue weighted by molar-refractivity contribution is 1.28. The van der Waals surface area contributed by atoms with Crippen LogP contribution >= 0.6 is 0 Å². The van der Waals surface area contributed by atoms with Gasteiger partial charge in [-0.2, -0.15) is 0 Å². The highest BCUT2D eigenvalue weighted by molar-refractivity contribution is 6.20. The predicted molar refractivity (Wildman–Crippen MR) is 239 cm³/mol. The quantitative estimate of drug-likeness (QED) is 0.170. The molecule has 10 aromatic rings. The van der Waals surface area contributed by atoms with Gasteiger partial charge in [0.25, 0.3) is 0 Å². The molecule has 0 amide bonds. The zero-order valence-corrected chi connectivity index (χ0v) is 31.0. The van der Waals surface area contributed by atoms with Crippen LogP contribution < -0.4 is 4.90 Å². The van der Waals surface area contributed by atoms with E-state index in [1.807, 2.05) is 18.3 Å². The van der Waals surface area contributed by atoms with Gasteiger partial charge in [0.05, 0.1) is 5.69 Å². The van der Waals surface area contributed by atoms with Crippen molar-refractivity contribution >= 4 is 38.6 Å². The Morgan fingerprint density at radius 3 is 1.26 bits per heavy atom. The minimum Gasteiger partial charge on any atom is -0.310 e. The fourth-order valence-corrected chi connectivity index (χ4v) is 9.51. The molecule has 0 saturated carbocycles. The first kappa shape index (κ1) is 31.8. The molecule has 2 heteroatoms. The fourth-order valence-electron chi connectivity index (χ4n) is 9.51. The van der Waals surface area contributed by atoms with E-state index in [2.05, 4.69) is 198 Å². The number of hydrogen-bond acceptors (Lipinski definition) is 2. The van der Waals surface area contributed by atoms with Crippen LogP contribution in [-0.2, 0) is 0 Å². The van der Waals surface area contributed by atoms with Gasteiger partial charge >= 0.3 is 0 Å². The monoisotopic (exact) mass is 722 g/mol. The van der Waals surface area contributed by atoms with Crippen molar-refractivity contribution in [2.24, 2.45) is 0 Å². The van der Waals surface area contributed by atoms with Gasteiger partial charge in [-0.1, -0.05) is 146 Å². The highest BCUT2D eigenvalue weighted by Crippen LogP contribution is 2.52. The largest absolute Gasteiger partial charge is 0.310 e. The van der Waals surface area contributed by atoms with Gasteiger partial charge in [0, 0.05) is 28.8 Å². The van der Waals surface area contributed by atoms with Crippen molar-refractivity contribution in [3.8, 4) is 78.0 Å². The molecule has 2 aliphatic rings. The molecule has 0 aliphatic heterocycles. The molecule has 0 fully saturated rings. The zero-order valence-electron chi connectivity index (χ0n) is 31.0. The van der Waals surface area contributed by atoms with Crippen LogP contribution in [-0.4, -0.2) is 4.98 Å². The maximum Gasteiger partial charge on any atom is 0.0701 e. The van der Waals surface area contributed by atoms with E-state index in [1.165, 1.54) is 88.3 Å². The third-order valence-corrected chi connectivity index (χ3v) is 12.0. The van der Waals surface area contributed by atoms with E-state index in [0.29, 0.717) is 0 Å². The molecule has 0 radical (unpaired) electrons. The molecular formula is C55H34N2. The van der Waals surface area contributed by atoms with E-state index >= 15 is 0 Å². The number of fused-ring (bicyclic) bond motifs is 6. The molecule has 0 N–H and O–H groups in total. The maximum atomic E-state index is 4.63. The molecule has 0 atom stereocenters. The Morgan fingerprint density at radius 1 is 0.281 bits per heavy atom. The number of hydrogen-bond donors (Lipinski definition) is 0. The number of aromatic nitrogens is 1. The minimum absolute atomic E-state index is 0.961. The summed E-state index contributed by atoms with van der Waals surface area (Å²) in [6, 6.07) is 73.3. The number of para-hydroxylation sites is 1.